The molecular formula is C16H19ClN2O4. The highest BCUT2D eigenvalue weighted by Gasteiger charge is 2.49. The number of carbonyl (C=O) groups is 3. The topological polar surface area (TPSA) is 75.7 Å². The van der Waals surface area contributed by atoms with E-state index >= 15 is 0 Å². The smallest absolute Gasteiger partial charge is 0.326 e. The molecule has 1 aromatic carbocycles. The van der Waals surface area contributed by atoms with Crippen LogP contribution in [0.2, 0.25) is 5.02 Å². The molecule has 1 fully saturated rings. The van der Waals surface area contributed by atoms with Crippen molar-refractivity contribution in [1.82, 2.24) is 10.2 Å². The largest absolute Gasteiger partial charge is 0.459 e. The van der Waals surface area contributed by atoms with Crippen LogP contribution < -0.4 is 5.32 Å². The number of amides is 3. The van der Waals surface area contributed by atoms with Gasteiger partial charge in [-0.3, -0.25) is 14.5 Å². The molecule has 0 aliphatic carbocycles. The summed E-state index contributed by atoms with van der Waals surface area (Å²) < 4.78 is 5.11. The first-order chi connectivity index (χ1) is 10.9. The van der Waals surface area contributed by atoms with Crippen LogP contribution in [-0.2, 0) is 20.9 Å². The molecule has 0 aromatic heterocycles. The first kappa shape index (κ1) is 17.3. The Labute approximate surface area is 139 Å². The number of nitrogens with one attached hydrogen (secondary N) is 1. The highest BCUT2D eigenvalue weighted by molar-refractivity contribution is 6.30. The van der Waals surface area contributed by atoms with E-state index in [0.29, 0.717) is 17.9 Å². The Morgan fingerprint density at radius 3 is 2.57 bits per heavy atom. The Bertz CT molecular complexity index is 628. The maximum absolute atomic E-state index is 12.4. The Morgan fingerprint density at radius 1 is 1.30 bits per heavy atom. The van der Waals surface area contributed by atoms with Gasteiger partial charge in [0.15, 0.2) is 0 Å². The van der Waals surface area contributed by atoms with Gasteiger partial charge in [-0.25, -0.2) is 4.79 Å². The number of imide groups is 1. The number of urea groups is 1. The number of rotatable bonds is 6. The average molecular weight is 339 g/mol. The lowest BCUT2D eigenvalue weighted by Crippen LogP contribution is -2.46. The molecule has 2 rings (SSSR count). The Hall–Kier alpha value is -2.08. The number of ether oxygens (including phenoxy) is 1. The van der Waals surface area contributed by atoms with E-state index in [9.17, 15) is 14.4 Å². The molecule has 23 heavy (non-hydrogen) atoms. The molecule has 0 saturated carbocycles. The number of benzene rings is 1. The summed E-state index contributed by atoms with van der Waals surface area (Å²) in [4.78, 5) is 37.1. The summed E-state index contributed by atoms with van der Waals surface area (Å²) in [5.41, 5.74) is -0.177. The van der Waals surface area contributed by atoms with Gasteiger partial charge in [-0.05, 0) is 30.5 Å². The van der Waals surface area contributed by atoms with Crippen molar-refractivity contribution in [2.24, 2.45) is 0 Å². The number of hydrogen-bond acceptors (Lipinski definition) is 4. The fourth-order valence-corrected chi connectivity index (χ4v) is 2.73. The molecule has 0 unspecified atom stereocenters. The van der Waals surface area contributed by atoms with Gasteiger partial charge in [0.1, 0.15) is 18.7 Å². The first-order valence-corrected chi connectivity index (χ1v) is 7.84. The summed E-state index contributed by atoms with van der Waals surface area (Å²) in [6.07, 6.45) is 0.949. The van der Waals surface area contributed by atoms with Crippen molar-refractivity contribution in [3.05, 3.63) is 34.9 Å². The van der Waals surface area contributed by atoms with E-state index < -0.39 is 24.1 Å². The van der Waals surface area contributed by atoms with E-state index in [4.69, 9.17) is 16.3 Å². The van der Waals surface area contributed by atoms with Crippen LogP contribution in [0.4, 0.5) is 4.79 Å². The zero-order chi connectivity index (χ0) is 17.0. The maximum atomic E-state index is 12.4. The third kappa shape index (κ3) is 3.64. The van der Waals surface area contributed by atoms with Crippen LogP contribution in [0.25, 0.3) is 0 Å². The minimum absolute atomic E-state index is 0.0374. The second-order valence-corrected chi connectivity index (χ2v) is 5.84. The lowest BCUT2D eigenvalue weighted by Gasteiger charge is -2.22. The molecule has 1 aromatic rings. The predicted octanol–water partition coefficient (Wildman–Crippen LogP) is 2.49. The quantitative estimate of drug-likeness (QED) is 0.638. The fraction of sp³-hybridized carbons (Fsp3) is 0.438. The highest BCUT2D eigenvalue weighted by atomic mass is 35.5. The minimum atomic E-state index is -0.912. The monoisotopic (exact) mass is 338 g/mol. The van der Waals surface area contributed by atoms with Gasteiger partial charge in [0.05, 0.1) is 0 Å². The summed E-state index contributed by atoms with van der Waals surface area (Å²) in [7, 11) is 0. The van der Waals surface area contributed by atoms with E-state index in [2.05, 4.69) is 5.32 Å². The Balaban J connectivity index is 1.95. The van der Waals surface area contributed by atoms with Crippen LogP contribution >= 0.6 is 11.6 Å². The van der Waals surface area contributed by atoms with Crippen molar-refractivity contribution >= 4 is 29.5 Å². The number of esters is 1. The summed E-state index contributed by atoms with van der Waals surface area (Å²) >= 11 is 5.85. The van der Waals surface area contributed by atoms with Gasteiger partial charge < -0.3 is 10.1 Å². The molecule has 1 N–H and O–H groups in total. The molecule has 0 bridgehead atoms. The van der Waals surface area contributed by atoms with E-state index in [1.54, 1.807) is 24.3 Å². The maximum Gasteiger partial charge on any atom is 0.326 e. The number of nitrogens with zero attached hydrogens (tertiary/aromatic N) is 1. The second kappa shape index (κ2) is 7.00. The van der Waals surface area contributed by atoms with Crippen molar-refractivity contribution < 1.29 is 19.1 Å². The van der Waals surface area contributed by atoms with Crippen molar-refractivity contribution in [2.45, 2.75) is 38.8 Å². The lowest BCUT2D eigenvalue weighted by molar-refractivity contribution is -0.148. The Morgan fingerprint density at radius 2 is 2.00 bits per heavy atom. The van der Waals surface area contributed by atoms with E-state index in [1.165, 1.54) is 0 Å². The van der Waals surface area contributed by atoms with Gasteiger partial charge in [0, 0.05) is 5.02 Å². The normalized spacial score (nSPS) is 16.4. The molecule has 0 atom stereocenters. The van der Waals surface area contributed by atoms with Crippen LogP contribution in [0.15, 0.2) is 24.3 Å². The molecule has 3 amide bonds. The molecule has 0 radical (unpaired) electrons. The molecule has 1 saturated heterocycles. The first-order valence-electron chi connectivity index (χ1n) is 7.46. The minimum Gasteiger partial charge on any atom is -0.459 e. The molecule has 1 aliphatic heterocycles. The van der Waals surface area contributed by atoms with Crippen LogP contribution in [-0.4, -0.2) is 34.9 Å². The summed E-state index contributed by atoms with van der Waals surface area (Å²) in [6, 6.07) is 6.36. The van der Waals surface area contributed by atoms with Crippen LogP contribution in [0.1, 0.15) is 32.3 Å². The van der Waals surface area contributed by atoms with Crippen LogP contribution in [0.5, 0.6) is 0 Å². The van der Waals surface area contributed by atoms with Gasteiger partial charge in [0.2, 0.25) is 0 Å². The van der Waals surface area contributed by atoms with Gasteiger partial charge >= 0.3 is 12.0 Å². The summed E-state index contributed by atoms with van der Waals surface area (Å²) in [5.74, 6) is -1.02. The third-order valence-corrected chi connectivity index (χ3v) is 4.26. The zero-order valence-corrected chi connectivity index (χ0v) is 13.9. The third-order valence-electron chi connectivity index (χ3n) is 4.03. The molecule has 7 heteroatoms. The van der Waals surface area contributed by atoms with Gasteiger partial charge in [-0.1, -0.05) is 37.6 Å². The lowest BCUT2D eigenvalue weighted by atomic mass is 9.93. The number of hydrogen-bond donors (Lipinski definition) is 1. The molecule has 124 valence electrons. The van der Waals surface area contributed by atoms with Gasteiger partial charge in [0.25, 0.3) is 5.91 Å². The van der Waals surface area contributed by atoms with E-state index in [0.717, 1.165) is 10.5 Å². The standard InChI is InChI=1S/C16H19ClN2O4/c1-3-16(4-2)14(21)19(15(22)18-16)9-13(20)23-10-11-6-5-7-12(17)8-11/h5-8H,3-4,9-10H2,1-2H3,(H,18,22). The molecule has 6 nitrogen and oxygen atoms in total. The van der Waals surface area contributed by atoms with Crippen molar-refractivity contribution in [3.8, 4) is 0 Å². The molecular weight excluding hydrogens is 320 g/mol. The zero-order valence-electron chi connectivity index (χ0n) is 13.1. The summed E-state index contributed by atoms with van der Waals surface area (Å²) in [5, 5.41) is 3.21. The highest BCUT2D eigenvalue weighted by Crippen LogP contribution is 2.24. The SMILES string of the molecule is CCC1(CC)NC(=O)N(CC(=O)OCc2cccc(Cl)c2)C1=O. The van der Waals surface area contributed by atoms with Crippen LogP contribution in [0, 0.1) is 0 Å². The van der Waals surface area contributed by atoms with Crippen molar-refractivity contribution in [1.29, 1.82) is 0 Å². The summed E-state index contributed by atoms with van der Waals surface area (Å²) in [6.45, 7) is 3.29. The number of carbonyl (C=O) groups excluding carboxylic acids is 3. The fourth-order valence-electron chi connectivity index (χ4n) is 2.51. The Kier molecular flexibility index (Phi) is 5.26. The van der Waals surface area contributed by atoms with Gasteiger partial charge in [-0.2, -0.15) is 0 Å². The predicted molar refractivity (Wildman–Crippen MR) is 84.8 cm³/mol. The second-order valence-electron chi connectivity index (χ2n) is 5.40. The van der Waals surface area contributed by atoms with Crippen LogP contribution in [0.3, 0.4) is 0 Å². The van der Waals surface area contributed by atoms with Crippen molar-refractivity contribution in [3.63, 3.8) is 0 Å². The molecule has 0 spiro atoms. The number of halogens is 1. The van der Waals surface area contributed by atoms with E-state index in [1.807, 2.05) is 13.8 Å². The van der Waals surface area contributed by atoms with Crippen molar-refractivity contribution in [2.75, 3.05) is 6.54 Å². The van der Waals surface area contributed by atoms with Gasteiger partial charge in [-0.15, -0.1) is 0 Å². The molecule has 1 heterocycles. The van der Waals surface area contributed by atoms with E-state index in [-0.39, 0.29) is 12.5 Å². The average Bonchev–Trinajstić information content (AvgIpc) is 2.78. The molecule has 1 aliphatic rings.